The molecule has 0 fully saturated rings. The fourth-order valence-corrected chi connectivity index (χ4v) is 3.22. The zero-order valence-corrected chi connectivity index (χ0v) is 15.2. The van der Waals surface area contributed by atoms with Gasteiger partial charge >= 0.3 is 0 Å². The Morgan fingerprint density at radius 3 is 2.77 bits per heavy atom. The van der Waals surface area contributed by atoms with Crippen molar-refractivity contribution in [2.45, 2.75) is 18.9 Å². The van der Waals surface area contributed by atoms with Crippen LogP contribution >= 0.6 is 0 Å². The Bertz CT molecular complexity index is 831. The minimum atomic E-state index is -0.947. The molecule has 1 unspecified atom stereocenters. The Morgan fingerprint density at radius 2 is 2.08 bits per heavy atom. The van der Waals surface area contributed by atoms with Gasteiger partial charge in [0.15, 0.2) is 22.9 Å². The number of fused-ring (bicyclic) bond motifs is 1. The van der Waals surface area contributed by atoms with Crippen molar-refractivity contribution in [1.29, 1.82) is 0 Å². The number of hydrogen-bond acceptors (Lipinski definition) is 5. The molecule has 26 heavy (non-hydrogen) atoms. The fraction of sp³-hybridized carbons (Fsp3) is 0.286. The van der Waals surface area contributed by atoms with Crippen molar-refractivity contribution >= 4 is 11.9 Å². The number of allylic oxidation sites excluding steroid dienone is 3. The summed E-state index contributed by atoms with van der Waals surface area (Å²) in [5.41, 5.74) is 1.49. The van der Waals surface area contributed by atoms with Gasteiger partial charge in [0.25, 0.3) is 0 Å². The van der Waals surface area contributed by atoms with Crippen LogP contribution in [0.25, 0.3) is 6.08 Å². The molecule has 5 nitrogen and oxygen atoms in total. The second-order valence-electron chi connectivity index (χ2n) is 6.12. The molecule has 0 aromatic heterocycles. The molecule has 0 bridgehead atoms. The number of benzene rings is 1. The van der Waals surface area contributed by atoms with E-state index in [0.29, 0.717) is 23.5 Å². The molecule has 2 aliphatic rings. The molecule has 0 spiro atoms. The van der Waals surface area contributed by atoms with Gasteiger partial charge in [-0.25, -0.2) is 0 Å². The van der Waals surface area contributed by atoms with Crippen molar-refractivity contribution in [2.24, 2.45) is 0 Å². The molecule has 0 N–H and O–H groups in total. The molecule has 0 amide bonds. The zero-order valence-electron chi connectivity index (χ0n) is 15.2. The summed E-state index contributed by atoms with van der Waals surface area (Å²) >= 11 is 0. The Morgan fingerprint density at radius 1 is 1.31 bits per heavy atom. The van der Waals surface area contributed by atoms with Gasteiger partial charge in [0.2, 0.25) is 6.79 Å². The smallest absolute Gasteiger partial charge is 0.231 e. The third-order valence-corrected chi connectivity index (χ3v) is 4.59. The molecule has 0 saturated carbocycles. The first-order chi connectivity index (χ1) is 12.5. The van der Waals surface area contributed by atoms with Crippen molar-refractivity contribution in [3.63, 3.8) is 0 Å². The number of carbonyl (C=O) groups excluding carboxylic acids is 1. The monoisotopic (exact) mass is 354 g/mol. The molecular weight excluding hydrogens is 332 g/mol. The van der Waals surface area contributed by atoms with E-state index in [1.165, 1.54) is 13.2 Å². The van der Waals surface area contributed by atoms with Crippen molar-refractivity contribution in [3.05, 3.63) is 65.5 Å². The summed E-state index contributed by atoms with van der Waals surface area (Å²) < 4.78 is 22.1. The Hall–Kier alpha value is -2.79. The molecular formula is C21H22O5. The van der Waals surface area contributed by atoms with Crippen molar-refractivity contribution in [1.82, 2.24) is 0 Å². The van der Waals surface area contributed by atoms with E-state index in [1.54, 1.807) is 13.2 Å². The molecule has 3 rings (SSSR count). The van der Waals surface area contributed by atoms with E-state index >= 15 is 0 Å². The SMILES string of the molecule is C=CCC1=CC(OC)(C(C)=Cc2ccc3c(c2)OCO3)C(OC)=CC1=O. The summed E-state index contributed by atoms with van der Waals surface area (Å²) in [5, 5.41) is 0. The Kier molecular flexibility index (Phi) is 5.00. The standard InChI is InChI=1S/C21H22O5/c1-5-6-16-12-21(24-4,20(23-3)11-17(16)22)14(2)9-15-7-8-18-19(10-15)26-13-25-18/h5,7-12H,1,6,13H2,2-4H3. The first-order valence-electron chi connectivity index (χ1n) is 8.30. The summed E-state index contributed by atoms with van der Waals surface area (Å²) in [5.74, 6) is 1.80. The van der Waals surface area contributed by atoms with Gasteiger partial charge in [-0.3, -0.25) is 4.79 Å². The summed E-state index contributed by atoms with van der Waals surface area (Å²) in [6, 6.07) is 5.73. The molecule has 1 atom stereocenters. The van der Waals surface area contributed by atoms with Crippen LogP contribution in [0.4, 0.5) is 0 Å². The van der Waals surface area contributed by atoms with Crippen LogP contribution in [0.2, 0.25) is 0 Å². The molecule has 1 aliphatic heterocycles. The Labute approximate surface area is 153 Å². The normalized spacial score (nSPS) is 22.0. The lowest BCUT2D eigenvalue weighted by atomic mass is 9.82. The third kappa shape index (κ3) is 3.06. The molecule has 1 aromatic rings. The molecule has 1 aliphatic carbocycles. The van der Waals surface area contributed by atoms with E-state index in [2.05, 4.69) is 6.58 Å². The van der Waals surface area contributed by atoms with Gasteiger partial charge in [0, 0.05) is 18.8 Å². The van der Waals surface area contributed by atoms with Crippen LogP contribution in [0.3, 0.4) is 0 Å². The van der Waals surface area contributed by atoms with Crippen LogP contribution in [0.5, 0.6) is 11.5 Å². The van der Waals surface area contributed by atoms with Crippen molar-refractivity contribution < 1.29 is 23.7 Å². The minimum absolute atomic E-state index is 0.0923. The quantitative estimate of drug-likeness (QED) is 0.727. The maximum atomic E-state index is 12.3. The van der Waals surface area contributed by atoms with Crippen molar-refractivity contribution in [2.75, 3.05) is 21.0 Å². The minimum Gasteiger partial charge on any atom is -0.497 e. The maximum Gasteiger partial charge on any atom is 0.231 e. The maximum absolute atomic E-state index is 12.3. The first-order valence-corrected chi connectivity index (χ1v) is 8.30. The first kappa shape index (κ1) is 18.0. The van der Waals surface area contributed by atoms with Gasteiger partial charge in [0.05, 0.1) is 7.11 Å². The third-order valence-electron chi connectivity index (χ3n) is 4.59. The van der Waals surface area contributed by atoms with Gasteiger partial charge in [0.1, 0.15) is 5.76 Å². The predicted molar refractivity (Wildman–Crippen MR) is 99.0 cm³/mol. The summed E-state index contributed by atoms with van der Waals surface area (Å²) in [6.07, 6.45) is 7.45. The lowest BCUT2D eigenvalue weighted by molar-refractivity contribution is -0.112. The number of ketones is 1. The Balaban J connectivity index is 2.05. The second-order valence-corrected chi connectivity index (χ2v) is 6.12. The molecule has 1 heterocycles. The highest BCUT2D eigenvalue weighted by atomic mass is 16.7. The lowest BCUT2D eigenvalue weighted by Crippen LogP contribution is -2.37. The summed E-state index contributed by atoms with van der Waals surface area (Å²) in [6.45, 7) is 5.90. The highest BCUT2D eigenvalue weighted by Crippen LogP contribution is 2.39. The van der Waals surface area contributed by atoms with Gasteiger partial charge < -0.3 is 18.9 Å². The van der Waals surface area contributed by atoms with E-state index in [4.69, 9.17) is 18.9 Å². The zero-order chi connectivity index (χ0) is 18.7. The summed E-state index contributed by atoms with van der Waals surface area (Å²) in [7, 11) is 3.13. The van der Waals surface area contributed by atoms with Crippen LogP contribution in [0.15, 0.2) is 59.9 Å². The van der Waals surface area contributed by atoms with Gasteiger partial charge in [-0.15, -0.1) is 6.58 Å². The van der Waals surface area contributed by atoms with Crippen LogP contribution in [0, 0.1) is 0 Å². The highest BCUT2D eigenvalue weighted by molar-refractivity contribution is 6.06. The number of carbonyl (C=O) groups is 1. The fourth-order valence-electron chi connectivity index (χ4n) is 3.22. The van der Waals surface area contributed by atoms with E-state index in [-0.39, 0.29) is 12.6 Å². The average molecular weight is 354 g/mol. The average Bonchev–Trinajstić information content (AvgIpc) is 3.11. The number of methoxy groups -OCH3 is 2. The predicted octanol–water partition coefficient (Wildman–Crippen LogP) is 3.82. The van der Waals surface area contributed by atoms with Gasteiger partial charge in [-0.05, 0) is 42.7 Å². The van der Waals surface area contributed by atoms with Gasteiger partial charge in [-0.2, -0.15) is 0 Å². The summed E-state index contributed by atoms with van der Waals surface area (Å²) in [4.78, 5) is 12.3. The van der Waals surface area contributed by atoms with E-state index in [0.717, 1.165) is 16.9 Å². The van der Waals surface area contributed by atoms with Gasteiger partial charge in [-0.1, -0.05) is 18.2 Å². The van der Waals surface area contributed by atoms with E-state index in [1.807, 2.05) is 37.3 Å². The van der Waals surface area contributed by atoms with Crippen LogP contribution < -0.4 is 9.47 Å². The van der Waals surface area contributed by atoms with E-state index in [9.17, 15) is 4.79 Å². The van der Waals surface area contributed by atoms with Crippen LogP contribution in [0.1, 0.15) is 18.9 Å². The van der Waals surface area contributed by atoms with Crippen molar-refractivity contribution in [3.8, 4) is 11.5 Å². The second kappa shape index (κ2) is 7.22. The number of ether oxygens (including phenoxy) is 4. The lowest BCUT2D eigenvalue weighted by Gasteiger charge is -2.35. The largest absolute Gasteiger partial charge is 0.497 e. The van der Waals surface area contributed by atoms with E-state index < -0.39 is 5.60 Å². The van der Waals surface area contributed by atoms with Crippen LogP contribution in [-0.2, 0) is 14.3 Å². The number of hydrogen-bond donors (Lipinski definition) is 0. The molecule has 5 heteroatoms. The molecule has 0 saturated heterocycles. The molecule has 1 aromatic carbocycles. The highest BCUT2D eigenvalue weighted by Gasteiger charge is 2.40. The molecule has 136 valence electrons. The molecule has 0 radical (unpaired) electrons. The van der Waals surface area contributed by atoms with Crippen LogP contribution in [-0.4, -0.2) is 32.4 Å². The number of rotatable bonds is 6. The topological polar surface area (TPSA) is 54.0 Å².